The van der Waals surface area contributed by atoms with Gasteiger partial charge in [0, 0.05) is 5.56 Å². The van der Waals surface area contributed by atoms with E-state index in [9.17, 15) is 8.78 Å². The van der Waals surface area contributed by atoms with Gasteiger partial charge in [0.05, 0.1) is 6.04 Å². The molecule has 2 aromatic rings. The van der Waals surface area contributed by atoms with Crippen molar-refractivity contribution in [3.8, 4) is 0 Å². The molecule has 0 aliphatic heterocycles. The van der Waals surface area contributed by atoms with Gasteiger partial charge in [-0.15, -0.1) is 0 Å². The summed E-state index contributed by atoms with van der Waals surface area (Å²) in [5, 5.41) is 0. The van der Waals surface area contributed by atoms with Gasteiger partial charge in [-0.25, -0.2) is 8.78 Å². The van der Waals surface area contributed by atoms with Crippen LogP contribution in [-0.2, 0) is 6.42 Å². The van der Waals surface area contributed by atoms with E-state index in [1.807, 2.05) is 25.1 Å². The average Bonchev–Trinajstić information content (AvgIpc) is 2.43. The predicted molar refractivity (Wildman–Crippen MR) is 72.9 cm³/mol. The van der Waals surface area contributed by atoms with E-state index in [4.69, 9.17) is 5.73 Å². The summed E-state index contributed by atoms with van der Waals surface area (Å²) in [6, 6.07) is 9.42. The molecule has 2 N–H and O–H groups in total. The number of halogens is 2. The quantitative estimate of drug-likeness (QED) is 0.891. The van der Waals surface area contributed by atoms with Crippen molar-refractivity contribution in [2.45, 2.75) is 26.3 Å². The second kappa shape index (κ2) is 5.49. The Morgan fingerprint density at radius 2 is 1.89 bits per heavy atom. The Bertz CT molecular complexity index is 593. The van der Waals surface area contributed by atoms with E-state index in [0.717, 1.165) is 17.5 Å². The molecule has 0 spiro atoms. The van der Waals surface area contributed by atoms with Gasteiger partial charge in [-0.3, -0.25) is 0 Å². The van der Waals surface area contributed by atoms with Crippen LogP contribution in [-0.4, -0.2) is 0 Å². The summed E-state index contributed by atoms with van der Waals surface area (Å²) in [6.45, 7) is 3.63. The molecule has 1 atom stereocenters. The fourth-order valence-corrected chi connectivity index (χ4v) is 2.14. The van der Waals surface area contributed by atoms with Gasteiger partial charge in [0.25, 0.3) is 0 Å². The summed E-state index contributed by atoms with van der Waals surface area (Å²) in [6.07, 6.45) is 0.860. The fourth-order valence-electron chi connectivity index (χ4n) is 2.14. The number of hydrogen-bond donors (Lipinski definition) is 1. The first-order valence-electron chi connectivity index (χ1n) is 6.33. The molecule has 0 aromatic heterocycles. The lowest BCUT2D eigenvalue weighted by atomic mass is 9.95. The molecule has 0 aliphatic carbocycles. The molecule has 100 valence electrons. The first-order chi connectivity index (χ1) is 9.04. The lowest BCUT2D eigenvalue weighted by Crippen LogP contribution is -2.16. The minimum atomic E-state index is -0.786. The van der Waals surface area contributed by atoms with E-state index >= 15 is 0 Å². The summed E-state index contributed by atoms with van der Waals surface area (Å²) >= 11 is 0. The highest BCUT2D eigenvalue weighted by molar-refractivity contribution is 5.37. The zero-order valence-corrected chi connectivity index (χ0v) is 11.1. The highest BCUT2D eigenvalue weighted by Crippen LogP contribution is 2.27. The Balaban J connectivity index is 2.49. The minimum absolute atomic E-state index is 0.0618. The monoisotopic (exact) mass is 261 g/mol. The second-order valence-electron chi connectivity index (χ2n) is 4.67. The van der Waals surface area contributed by atoms with Crippen LogP contribution in [0.5, 0.6) is 0 Å². The Labute approximate surface area is 112 Å². The van der Waals surface area contributed by atoms with E-state index in [-0.39, 0.29) is 5.56 Å². The zero-order valence-electron chi connectivity index (χ0n) is 11.1. The van der Waals surface area contributed by atoms with Crippen molar-refractivity contribution in [3.63, 3.8) is 0 Å². The molecule has 19 heavy (non-hydrogen) atoms. The highest BCUT2D eigenvalue weighted by Gasteiger charge is 2.19. The lowest BCUT2D eigenvalue weighted by Gasteiger charge is -2.16. The number of aryl methyl sites for hydroxylation is 2. The fraction of sp³-hybridized carbons (Fsp3) is 0.250. The maximum Gasteiger partial charge on any atom is 0.134 e. The molecule has 0 radical (unpaired) electrons. The molecule has 2 aromatic carbocycles. The smallest absolute Gasteiger partial charge is 0.134 e. The lowest BCUT2D eigenvalue weighted by molar-refractivity contribution is 0.538. The van der Waals surface area contributed by atoms with Crippen molar-refractivity contribution in [3.05, 3.63) is 70.3 Å². The molecule has 3 heteroatoms. The molecule has 0 saturated carbocycles. The molecule has 0 bridgehead atoms. The predicted octanol–water partition coefficient (Wildman–Crippen LogP) is 3.88. The van der Waals surface area contributed by atoms with Gasteiger partial charge in [-0.1, -0.05) is 37.3 Å². The van der Waals surface area contributed by atoms with E-state index in [2.05, 4.69) is 0 Å². The van der Waals surface area contributed by atoms with E-state index in [1.54, 1.807) is 13.0 Å². The largest absolute Gasteiger partial charge is 0.320 e. The van der Waals surface area contributed by atoms with Crippen LogP contribution in [0.1, 0.15) is 35.2 Å². The van der Waals surface area contributed by atoms with E-state index < -0.39 is 17.7 Å². The Hall–Kier alpha value is -1.74. The first-order valence-corrected chi connectivity index (χ1v) is 6.33. The van der Waals surface area contributed by atoms with Gasteiger partial charge in [0.15, 0.2) is 0 Å². The average molecular weight is 261 g/mol. The third-order valence-electron chi connectivity index (χ3n) is 3.35. The van der Waals surface area contributed by atoms with Gasteiger partial charge >= 0.3 is 0 Å². The van der Waals surface area contributed by atoms with Crippen LogP contribution in [0.3, 0.4) is 0 Å². The standard InChI is InChI=1S/C16H17F2N/c1-3-11-5-4-6-12(9-11)16(19)14-13(17)8-7-10(2)15(14)18/h4-9,16H,3,19H2,1-2H3. The number of rotatable bonds is 3. The van der Waals surface area contributed by atoms with E-state index in [1.165, 1.54) is 12.1 Å². The van der Waals surface area contributed by atoms with Crippen molar-refractivity contribution in [1.82, 2.24) is 0 Å². The van der Waals surface area contributed by atoms with Crippen molar-refractivity contribution in [1.29, 1.82) is 0 Å². The summed E-state index contributed by atoms with van der Waals surface area (Å²) in [4.78, 5) is 0. The molecule has 0 amide bonds. The summed E-state index contributed by atoms with van der Waals surface area (Å²) in [5.41, 5.74) is 8.19. The van der Waals surface area contributed by atoms with Gasteiger partial charge in [-0.2, -0.15) is 0 Å². The van der Waals surface area contributed by atoms with Crippen molar-refractivity contribution < 1.29 is 8.78 Å². The first kappa shape index (κ1) is 13.7. The SMILES string of the molecule is CCc1cccc(C(N)c2c(F)ccc(C)c2F)c1. The van der Waals surface area contributed by atoms with Gasteiger partial charge in [0.2, 0.25) is 0 Å². The summed E-state index contributed by atoms with van der Waals surface area (Å²) < 4.78 is 27.9. The molecule has 1 unspecified atom stereocenters. The molecular formula is C16H17F2N. The van der Waals surface area contributed by atoms with E-state index in [0.29, 0.717) is 5.56 Å². The Kier molecular flexibility index (Phi) is 3.96. The van der Waals surface area contributed by atoms with Crippen LogP contribution in [0.15, 0.2) is 36.4 Å². The number of nitrogens with two attached hydrogens (primary N) is 1. The molecule has 0 fully saturated rings. The molecule has 1 nitrogen and oxygen atoms in total. The highest BCUT2D eigenvalue weighted by atomic mass is 19.1. The molecule has 0 aliphatic rings. The zero-order chi connectivity index (χ0) is 14.0. The minimum Gasteiger partial charge on any atom is -0.320 e. The van der Waals surface area contributed by atoms with Crippen molar-refractivity contribution in [2.24, 2.45) is 5.73 Å². The second-order valence-corrected chi connectivity index (χ2v) is 4.67. The topological polar surface area (TPSA) is 26.0 Å². The van der Waals surface area contributed by atoms with Crippen LogP contribution >= 0.6 is 0 Å². The van der Waals surface area contributed by atoms with Crippen LogP contribution in [0.25, 0.3) is 0 Å². The van der Waals surface area contributed by atoms with Crippen molar-refractivity contribution in [2.75, 3.05) is 0 Å². The van der Waals surface area contributed by atoms with Crippen LogP contribution in [0.4, 0.5) is 8.78 Å². The third-order valence-corrected chi connectivity index (χ3v) is 3.35. The number of benzene rings is 2. The Morgan fingerprint density at radius 1 is 1.16 bits per heavy atom. The molecule has 2 rings (SSSR count). The van der Waals surface area contributed by atoms with Gasteiger partial charge in [-0.05, 0) is 36.1 Å². The van der Waals surface area contributed by atoms with Gasteiger partial charge < -0.3 is 5.73 Å². The van der Waals surface area contributed by atoms with Gasteiger partial charge in [0.1, 0.15) is 11.6 Å². The maximum atomic E-state index is 14.1. The van der Waals surface area contributed by atoms with Crippen LogP contribution in [0, 0.1) is 18.6 Å². The molecular weight excluding hydrogens is 244 g/mol. The molecule has 0 heterocycles. The third kappa shape index (κ3) is 2.66. The van der Waals surface area contributed by atoms with Crippen LogP contribution in [0.2, 0.25) is 0 Å². The maximum absolute atomic E-state index is 14.1. The van der Waals surface area contributed by atoms with Crippen LogP contribution < -0.4 is 5.73 Å². The number of hydrogen-bond acceptors (Lipinski definition) is 1. The normalized spacial score (nSPS) is 12.5. The summed E-state index contributed by atoms with van der Waals surface area (Å²) in [5.74, 6) is -1.16. The molecule has 0 saturated heterocycles. The Morgan fingerprint density at radius 3 is 2.58 bits per heavy atom. The summed E-state index contributed by atoms with van der Waals surface area (Å²) in [7, 11) is 0. The van der Waals surface area contributed by atoms with Crippen molar-refractivity contribution >= 4 is 0 Å².